The predicted molar refractivity (Wildman–Crippen MR) is 101 cm³/mol. The molecule has 0 saturated carbocycles. The zero-order valence-electron chi connectivity index (χ0n) is 13.9. The topological polar surface area (TPSA) is 17.8 Å². The molecule has 0 aliphatic carbocycles. The maximum absolute atomic E-state index is 13.5. The second-order valence-corrected chi connectivity index (χ2v) is 6.08. The molecule has 1 heterocycles. The van der Waals surface area contributed by atoms with Crippen LogP contribution in [0.25, 0.3) is 23.1 Å². The Kier molecular flexibility index (Phi) is 4.32. The minimum absolute atomic E-state index is 0.300. The summed E-state index contributed by atoms with van der Waals surface area (Å²) in [5.41, 5.74) is 3.36. The number of rotatable bonds is 4. The molecule has 26 heavy (non-hydrogen) atoms. The van der Waals surface area contributed by atoms with Gasteiger partial charge in [0.15, 0.2) is 0 Å². The maximum Gasteiger partial charge on any atom is 0.126 e. The number of hydrogen-bond donors (Lipinski definition) is 0. The highest BCUT2D eigenvalue weighted by Gasteiger charge is 2.09. The lowest BCUT2D eigenvalue weighted by Gasteiger charge is -2.04. The van der Waals surface area contributed by atoms with Gasteiger partial charge in [0.2, 0.25) is 0 Å². The average Bonchev–Trinajstić information content (AvgIpc) is 2.98. The highest BCUT2D eigenvalue weighted by Crippen LogP contribution is 2.22. The fraction of sp³-hybridized carbons (Fsp3) is 0.0455. The van der Waals surface area contributed by atoms with Gasteiger partial charge in [-0.05, 0) is 35.4 Å². The standard InChI is InChI=1S/C22H16F2N2/c23-18-12-17(13-19(24)14-18)15-26-22-9-5-4-8-20(22)21(25-26)11-10-16-6-2-1-3-7-16/h1-14H,15H2. The molecule has 0 radical (unpaired) electrons. The lowest BCUT2D eigenvalue weighted by molar-refractivity contribution is 0.575. The summed E-state index contributed by atoms with van der Waals surface area (Å²) in [4.78, 5) is 0. The van der Waals surface area contributed by atoms with Crippen molar-refractivity contribution < 1.29 is 8.78 Å². The van der Waals surface area contributed by atoms with Crippen molar-refractivity contribution in [2.24, 2.45) is 0 Å². The lowest BCUT2D eigenvalue weighted by atomic mass is 10.1. The summed E-state index contributed by atoms with van der Waals surface area (Å²) in [6, 6.07) is 21.3. The van der Waals surface area contributed by atoms with Crippen molar-refractivity contribution in [3.05, 3.63) is 101 Å². The van der Waals surface area contributed by atoms with Gasteiger partial charge in [0, 0.05) is 11.5 Å². The summed E-state index contributed by atoms with van der Waals surface area (Å²) in [7, 11) is 0. The van der Waals surface area contributed by atoms with Crippen LogP contribution in [0.5, 0.6) is 0 Å². The van der Waals surface area contributed by atoms with Crippen molar-refractivity contribution in [2.75, 3.05) is 0 Å². The quantitative estimate of drug-likeness (QED) is 0.475. The number of aromatic nitrogens is 2. The van der Waals surface area contributed by atoms with Crippen LogP contribution in [0.15, 0.2) is 72.8 Å². The third kappa shape index (κ3) is 3.40. The van der Waals surface area contributed by atoms with Gasteiger partial charge in [-0.15, -0.1) is 0 Å². The van der Waals surface area contributed by atoms with Gasteiger partial charge < -0.3 is 0 Å². The molecular formula is C22H16F2N2. The van der Waals surface area contributed by atoms with E-state index in [0.29, 0.717) is 12.1 Å². The van der Waals surface area contributed by atoms with Crippen LogP contribution in [0.3, 0.4) is 0 Å². The Morgan fingerprint density at radius 3 is 2.27 bits per heavy atom. The second kappa shape index (κ2) is 6.92. The fourth-order valence-corrected chi connectivity index (χ4v) is 3.01. The molecule has 0 atom stereocenters. The van der Waals surface area contributed by atoms with Crippen molar-refractivity contribution >= 4 is 23.1 Å². The molecule has 0 aliphatic rings. The molecule has 0 N–H and O–H groups in total. The van der Waals surface area contributed by atoms with Crippen LogP contribution in [0.4, 0.5) is 8.78 Å². The first kappa shape index (κ1) is 16.2. The Balaban J connectivity index is 1.73. The van der Waals surface area contributed by atoms with Gasteiger partial charge in [-0.1, -0.05) is 54.6 Å². The lowest BCUT2D eigenvalue weighted by Crippen LogP contribution is -2.02. The summed E-state index contributed by atoms with van der Waals surface area (Å²) in [5.74, 6) is -1.17. The van der Waals surface area contributed by atoms with Crippen LogP contribution in [0.1, 0.15) is 16.8 Å². The number of benzene rings is 3. The average molecular weight is 346 g/mol. The van der Waals surface area contributed by atoms with Gasteiger partial charge in [0.1, 0.15) is 11.6 Å². The first-order chi connectivity index (χ1) is 12.7. The molecule has 0 unspecified atom stereocenters. The van der Waals surface area contributed by atoms with Crippen molar-refractivity contribution in [1.82, 2.24) is 9.78 Å². The van der Waals surface area contributed by atoms with Gasteiger partial charge in [0.05, 0.1) is 17.8 Å². The zero-order valence-corrected chi connectivity index (χ0v) is 13.9. The van der Waals surface area contributed by atoms with Crippen LogP contribution in [-0.2, 0) is 6.54 Å². The molecule has 3 aromatic carbocycles. The molecular weight excluding hydrogens is 330 g/mol. The van der Waals surface area contributed by atoms with Gasteiger partial charge >= 0.3 is 0 Å². The van der Waals surface area contributed by atoms with E-state index >= 15 is 0 Å². The Bertz CT molecular complexity index is 1060. The minimum Gasteiger partial charge on any atom is -0.260 e. The SMILES string of the molecule is Fc1cc(F)cc(Cn2nc(C=Cc3ccccc3)c3ccccc32)c1. The van der Waals surface area contributed by atoms with Crippen LogP contribution in [0, 0.1) is 11.6 Å². The van der Waals surface area contributed by atoms with E-state index in [9.17, 15) is 8.78 Å². The highest BCUT2D eigenvalue weighted by molar-refractivity contribution is 5.89. The minimum atomic E-state index is -0.583. The van der Waals surface area contributed by atoms with Crippen molar-refractivity contribution in [1.29, 1.82) is 0 Å². The summed E-state index contributed by atoms with van der Waals surface area (Å²) < 4.78 is 28.7. The Hall–Kier alpha value is -3.27. The third-order valence-corrected chi connectivity index (χ3v) is 4.17. The van der Waals surface area contributed by atoms with E-state index in [4.69, 9.17) is 0 Å². The van der Waals surface area contributed by atoms with E-state index in [-0.39, 0.29) is 0 Å². The summed E-state index contributed by atoms with van der Waals surface area (Å²) in [6.07, 6.45) is 3.96. The number of halogens is 2. The van der Waals surface area contributed by atoms with Crippen LogP contribution in [0.2, 0.25) is 0 Å². The molecule has 128 valence electrons. The van der Waals surface area contributed by atoms with E-state index < -0.39 is 11.6 Å². The molecule has 0 saturated heterocycles. The molecule has 4 heteroatoms. The number of hydrogen-bond acceptors (Lipinski definition) is 1. The fourth-order valence-electron chi connectivity index (χ4n) is 3.01. The van der Waals surface area contributed by atoms with Gasteiger partial charge in [-0.3, -0.25) is 4.68 Å². The number of fused-ring (bicyclic) bond motifs is 1. The molecule has 2 nitrogen and oxygen atoms in total. The van der Waals surface area contributed by atoms with E-state index in [1.807, 2.05) is 66.7 Å². The Morgan fingerprint density at radius 1 is 0.808 bits per heavy atom. The summed E-state index contributed by atoms with van der Waals surface area (Å²) in [5, 5.41) is 5.64. The second-order valence-electron chi connectivity index (χ2n) is 6.08. The summed E-state index contributed by atoms with van der Waals surface area (Å²) in [6.45, 7) is 0.300. The van der Waals surface area contributed by atoms with E-state index in [2.05, 4.69) is 5.10 Å². The van der Waals surface area contributed by atoms with Crippen molar-refractivity contribution in [3.63, 3.8) is 0 Å². The first-order valence-corrected chi connectivity index (χ1v) is 8.33. The summed E-state index contributed by atoms with van der Waals surface area (Å²) >= 11 is 0. The van der Waals surface area contributed by atoms with E-state index in [0.717, 1.165) is 28.2 Å². The van der Waals surface area contributed by atoms with Crippen molar-refractivity contribution in [2.45, 2.75) is 6.54 Å². The zero-order chi connectivity index (χ0) is 17.9. The molecule has 0 spiro atoms. The largest absolute Gasteiger partial charge is 0.260 e. The molecule has 0 fully saturated rings. The highest BCUT2D eigenvalue weighted by atomic mass is 19.1. The smallest absolute Gasteiger partial charge is 0.126 e. The molecule has 4 aromatic rings. The van der Waals surface area contributed by atoms with Gasteiger partial charge in [-0.25, -0.2) is 8.78 Å². The Labute approximate surface area is 150 Å². The van der Waals surface area contributed by atoms with Crippen LogP contribution >= 0.6 is 0 Å². The Morgan fingerprint density at radius 2 is 1.50 bits per heavy atom. The normalized spacial score (nSPS) is 11.5. The van der Waals surface area contributed by atoms with Gasteiger partial charge in [0.25, 0.3) is 0 Å². The first-order valence-electron chi connectivity index (χ1n) is 8.33. The van der Waals surface area contributed by atoms with Crippen LogP contribution in [-0.4, -0.2) is 9.78 Å². The van der Waals surface area contributed by atoms with Crippen molar-refractivity contribution in [3.8, 4) is 0 Å². The van der Waals surface area contributed by atoms with E-state index in [1.54, 1.807) is 4.68 Å². The molecule has 1 aromatic heterocycles. The molecule has 0 bridgehead atoms. The number of para-hydroxylation sites is 1. The van der Waals surface area contributed by atoms with Gasteiger partial charge in [-0.2, -0.15) is 5.10 Å². The predicted octanol–water partition coefficient (Wildman–Crippen LogP) is 5.53. The number of nitrogens with zero attached hydrogens (tertiary/aromatic N) is 2. The third-order valence-electron chi connectivity index (χ3n) is 4.17. The molecule has 4 rings (SSSR count). The van der Waals surface area contributed by atoms with E-state index in [1.165, 1.54) is 12.1 Å². The van der Waals surface area contributed by atoms with Crippen LogP contribution < -0.4 is 0 Å². The molecule has 0 amide bonds. The molecule has 0 aliphatic heterocycles. The maximum atomic E-state index is 13.5. The monoisotopic (exact) mass is 346 g/mol.